The first kappa shape index (κ1) is 20.6. The number of dihydropyridines is 1. The first-order valence-corrected chi connectivity index (χ1v) is 11.6. The van der Waals surface area contributed by atoms with Gasteiger partial charge in [0.2, 0.25) is 0 Å². The second kappa shape index (κ2) is 7.99. The first-order chi connectivity index (χ1) is 15.5. The van der Waals surface area contributed by atoms with E-state index in [1.54, 1.807) is 12.1 Å². The van der Waals surface area contributed by atoms with Crippen LogP contribution in [0.4, 0.5) is 0 Å². The van der Waals surface area contributed by atoms with E-state index in [2.05, 4.69) is 11.4 Å². The van der Waals surface area contributed by atoms with Gasteiger partial charge >= 0.3 is 11.9 Å². The van der Waals surface area contributed by atoms with E-state index in [-0.39, 0.29) is 17.3 Å². The lowest BCUT2D eigenvalue weighted by Crippen LogP contribution is -2.37. The molecule has 0 bridgehead atoms. The molecule has 1 atom stereocenters. The number of benzene rings is 1. The Morgan fingerprint density at radius 3 is 2.66 bits per heavy atom. The van der Waals surface area contributed by atoms with Crippen molar-refractivity contribution in [2.75, 3.05) is 13.7 Å². The normalized spacial score (nSPS) is 20.7. The summed E-state index contributed by atoms with van der Waals surface area (Å²) in [5.74, 6) is -0.976. The van der Waals surface area contributed by atoms with Crippen molar-refractivity contribution in [1.82, 2.24) is 5.32 Å². The predicted octanol–water partition coefficient (Wildman–Crippen LogP) is 3.42. The average Bonchev–Trinajstić information content (AvgIpc) is 3.73. The van der Waals surface area contributed by atoms with E-state index in [1.165, 1.54) is 18.4 Å². The van der Waals surface area contributed by atoms with Gasteiger partial charge in [0.25, 0.3) is 0 Å². The van der Waals surface area contributed by atoms with Crippen molar-refractivity contribution in [2.45, 2.75) is 31.6 Å². The molecule has 5 rings (SSSR count). The van der Waals surface area contributed by atoms with Gasteiger partial charge < -0.3 is 20.5 Å². The first-order valence-electron chi connectivity index (χ1n) is 10.7. The van der Waals surface area contributed by atoms with Crippen LogP contribution in [0.15, 0.2) is 46.2 Å². The summed E-state index contributed by atoms with van der Waals surface area (Å²) in [5, 5.41) is 15.4. The van der Waals surface area contributed by atoms with Crippen LogP contribution in [0.25, 0.3) is 10.1 Å². The molecule has 2 fully saturated rings. The largest absolute Gasteiger partial charge is 0.466 e. The molecule has 2 aromatic rings. The molecule has 8 heteroatoms. The number of nitrogens with two attached hydrogens (primary N) is 1. The van der Waals surface area contributed by atoms with E-state index in [0.717, 1.165) is 41.3 Å². The molecule has 0 saturated heterocycles. The molecule has 3 N–H and O–H groups in total. The number of nitrogens with one attached hydrogen (secondary N) is 1. The number of carbonyl (C=O) groups excluding carboxylic acids is 2. The third kappa shape index (κ3) is 3.53. The Labute approximate surface area is 189 Å². The summed E-state index contributed by atoms with van der Waals surface area (Å²) in [5.41, 5.74) is 9.02. The Balaban J connectivity index is 1.68. The molecular weight excluding hydrogens is 426 g/mol. The lowest BCUT2D eigenvalue weighted by molar-refractivity contribution is -0.140. The van der Waals surface area contributed by atoms with Crippen molar-refractivity contribution < 1.29 is 19.1 Å². The Hall–Kier alpha value is -3.31. The number of rotatable bonds is 6. The highest BCUT2D eigenvalue weighted by molar-refractivity contribution is 7.17. The fourth-order valence-corrected chi connectivity index (χ4v) is 5.31. The average molecular weight is 450 g/mol. The van der Waals surface area contributed by atoms with Crippen molar-refractivity contribution in [3.8, 4) is 6.07 Å². The highest BCUT2D eigenvalue weighted by Crippen LogP contribution is 2.48. The fraction of sp³-hybridized carbons (Fsp3) is 0.375. The summed E-state index contributed by atoms with van der Waals surface area (Å²) >= 11 is 1.42. The van der Waals surface area contributed by atoms with Crippen LogP contribution in [0.1, 0.15) is 42.7 Å². The summed E-state index contributed by atoms with van der Waals surface area (Å²) < 4.78 is 11.6. The molecule has 1 aromatic carbocycles. The monoisotopic (exact) mass is 449 g/mol. The van der Waals surface area contributed by atoms with E-state index in [4.69, 9.17) is 15.2 Å². The number of hydrogen-bond donors (Lipinski definition) is 2. The van der Waals surface area contributed by atoms with Gasteiger partial charge in [0.15, 0.2) is 0 Å². The van der Waals surface area contributed by atoms with Gasteiger partial charge in [0.1, 0.15) is 11.9 Å². The van der Waals surface area contributed by atoms with Gasteiger partial charge in [0, 0.05) is 5.70 Å². The SMILES string of the molecule is COC(=O)C1=C(C2CC2)NC(N)=C(C(=O)OCC2CC2)C1c1csc2c(C#N)cccc12. The third-order valence-electron chi connectivity index (χ3n) is 6.25. The van der Waals surface area contributed by atoms with E-state index in [1.807, 2.05) is 11.4 Å². The van der Waals surface area contributed by atoms with Crippen LogP contribution in [0, 0.1) is 23.2 Å². The third-order valence-corrected chi connectivity index (χ3v) is 7.29. The summed E-state index contributed by atoms with van der Waals surface area (Å²) in [6.07, 6.45) is 3.98. The maximum atomic E-state index is 13.2. The maximum absolute atomic E-state index is 13.2. The number of carbonyl (C=O) groups is 2. The summed E-state index contributed by atoms with van der Waals surface area (Å²) in [6.45, 7) is 0.345. The van der Waals surface area contributed by atoms with Crippen LogP contribution in [-0.2, 0) is 19.1 Å². The molecule has 2 heterocycles. The lowest BCUT2D eigenvalue weighted by Gasteiger charge is -2.31. The minimum atomic E-state index is -0.728. The quantitative estimate of drug-likeness (QED) is 0.650. The molecule has 1 aromatic heterocycles. The second-order valence-corrected chi connectivity index (χ2v) is 9.39. The van der Waals surface area contributed by atoms with Crippen LogP contribution in [0.5, 0.6) is 0 Å². The fourth-order valence-electron chi connectivity index (χ4n) is 4.25. The van der Waals surface area contributed by atoms with Gasteiger partial charge in [-0.05, 0) is 59.9 Å². The van der Waals surface area contributed by atoms with E-state index < -0.39 is 17.9 Å². The summed E-state index contributed by atoms with van der Waals surface area (Å²) in [7, 11) is 1.34. The molecule has 1 aliphatic heterocycles. The molecule has 164 valence electrons. The van der Waals surface area contributed by atoms with Crippen molar-refractivity contribution in [3.63, 3.8) is 0 Å². The van der Waals surface area contributed by atoms with Crippen LogP contribution in [0.2, 0.25) is 0 Å². The molecule has 2 saturated carbocycles. The van der Waals surface area contributed by atoms with Gasteiger partial charge in [-0.1, -0.05) is 12.1 Å². The predicted molar refractivity (Wildman–Crippen MR) is 119 cm³/mol. The van der Waals surface area contributed by atoms with E-state index in [9.17, 15) is 14.9 Å². The highest BCUT2D eigenvalue weighted by atomic mass is 32.1. The van der Waals surface area contributed by atoms with Crippen molar-refractivity contribution in [3.05, 3.63) is 57.4 Å². The number of esters is 2. The molecule has 1 unspecified atom stereocenters. The second-order valence-electron chi connectivity index (χ2n) is 8.51. The van der Waals surface area contributed by atoms with Crippen LogP contribution in [0.3, 0.4) is 0 Å². The van der Waals surface area contributed by atoms with Crippen molar-refractivity contribution >= 4 is 33.4 Å². The Bertz CT molecular complexity index is 1230. The van der Waals surface area contributed by atoms with Gasteiger partial charge in [-0.25, -0.2) is 9.59 Å². The zero-order valence-electron chi connectivity index (χ0n) is 17.6. The molecule has 0 spiro atoms. The smallest absolute Gasteiger partial charge is 0.338 e. The van der Waals surface area contributed by atoms with Crippen LogP contribution >= 0.6 is 11.3 Å². The molecule has 2 aliphatic carbocycles. The zero-order valence-corrected chi connectivity index (χ0v) is 18.5. The number of nitrogens with zero attached hydrogens (tertiary/aromatic N) is 1. The number of hydrogen-bond acceptors (Lipinski definition) is 8. The standard InChI is InChI=1S/C24H23N3O4S/c1-30-23(28)18-17(16-11-32-21-14(9-25)3-2-4-15(16)21)19(24(29)31-10-12-5-6-12)22(26)27-20(18)13-7-8-13/h2-4,11-13,17,27H,5-8,10,26H2,1H3. The number of fused-ring (bicyclic) bond motifs is 1. The summed E-state index contributed by atoms with van der Waals surface area (Å²) in [4.78, 5) is 26.3. The summed E-state index contributed by atoms with van der Waals surface area (Å²) in [6, 6.07) is 7.68. The number of thiophene rings is 1. The minimum absolute atomic E-state index is 0.175. The Morgan fingerprint density at radius 1 is 1.22 bits per heavy atom. The number of allylic oxidation sites excluding steroid dienone is 1. The van der Waals surface area contributed by atoms with Gasteiger partial charge in [-0.15, -0.1) is 11.3 Å². The van der Waals surface area contributed by atoms with Gasteiger partial charge in [-0.3, -0.25) is 0 Å². The molecule has 7 nitrogen and oxygen atoms in total. The molecule has 0 amide bonds. The minimum Gasteiger partial charge on any atom is -0.466 e. The van der Waals surface area contributed by atoms with Gasteiger partial charge in [0.05, 0.1) is 41.0 Å². The van der Waals surface area contributed by atoms with Gasteiger partial charge in [-0.2, -0.15) is 5.26 Å². The van der Waals surface area contributed by atoms with E-state index >= 15 is 0 Å². The number of ether oxygens (including phenoxy) is 2. The number of methoxy groups -OCH3 is 1. The van der Waals surface area contributed by atoms with Crippen LogP contribution in [-0.4, -0.2) is 25.7 Å². The number of nitriles is 1. The Kier molecular flexibility index (Phi) is 5.14. The lowest BCUT2D eigenvalue weighted by atomic mass is 9.80. The Morgan fingerprint density at radius 2 is 2.00 bits per heavy atom. The van der Waals surface area contributed by atoms with Crippen molar-refractivity contribution in [2.24, 2.45) is 17.6 Å². The molecular formula is C24H23N3O4S. The topological polar surface area (TPSA) is 114 Å². The zero-order chi connectivity index (χ0) is 22.4. The van der Waals surface area contributed by atoms with E-state index in [0.29, 0.717) is 29.4 Å². The maximum Gasteiger partial charge on any atom is 0.338 e. The van der Waals surface area contributed by atoms with Crippen LogP contribution < -0.4 is 11.1 Å². The highest BCUT2D eigenvalue weighted by Gasteiger charge is 2.44. The molecule has 32 heavy (non-hydrogen) atoms. The van der Waals surface area contributed by atoms with Crippen molar-refractivity contribution in [1.29, 1.82) is 5.26 Å². The molecule has 3 aliphatic rings. The molecule has 0 radical (unpaired) electrons.